The lowest BCUT2D eigenvalue weighted by Gasteiger charge is -2.22. The summed E-state index contributed by atoms with van der Waals surface area (Å²) in [4.78, 5) is 10.6. The quantitative estimate of drug-likeness (QED) is 0.474. The van der Waals surface area contributed by atoms with Crippen molar-refractivity contribution in [2.45, 2.75) is 26.3 Å². The van der Waals surface area contributed by atoms with Gasteiger partial charge in [-0.15, -0.1) is 0 Å². The third-order valence-corrected chi connectivity index (χ3v) is 3.86. The number of nitrogens with zero attached hydrogens (tertiary/aromatic N) is 4. The molecule has 0 fully saturated rings. The summed E-state index contributed by atoms with van der Waals surface area (Å²) >= 11 is 3.45. The lowest BCUT2D eigenvalue weighted by Crippen LogP contribution is -2.39. The van der Waals surface area contributed by atoms with Gasteiger partial charge in [-0.25, -0.2) is 0 Å². The lowest BCUT2D eigenvalue weighted by atomic mass is 10.2. The summed E-state index contributed by atoms with van der Waals surface area (Å²) in [6.07, 6.45) is 1.67. The van der Waals surface area contributed by atoms with Gasteiger partial charge in [0.05, 0.1) is 0 Å². The first-order chi connectivity index (χ1) is 11.1. The third kappa shape index (κ3) is 5.67. The highest BCUT2D eigenvalue weighted by molar-refractivity contribution is 9.10. The Hall–Kier alpha value is -1.89. The minimum Gasteiger partial charge on any atom is -0.356 e. The van der Waals surface area contributed by atoms with Gasteiger partial charge in [-0.05, 0) is 31.0 Å². The molecule has 0 radical (unpaired) electrons. The Balaban J connectivity index is 1.76. The molecule has 1 heterocycles. The number of guanidine groups is 1. The van der Waals surface area contributed by atoms with Gasteiger partial charge in [0.15, 0.2) is 11.8 Å². The fraction of sp³-hybridized carbons (Fsp3) is 0.438. The molecule has 0 bridgehead atoms. The van der Waals surface area contributed by atoms with E-state index >= 15 is 0 Å². The predicted molar refractivity (Wildman–Crippen MR) is 94.3 cm³/mol. The van der Waals surface area contributed by atoms with Gasteiger partial charge >= 0.3 is 0 Å². The lowest BCUT2D eigenvalue weighted by molar-refractivity contribution is 0.371. The van der Waals surface area contributed by atoms with Gasteiger partial charge in [0.2, 0.25) is 5.89 Å². The summed E-state index contributed by atoms with van der Waals surface area (Å²) < 4.78 is 6.19. The first-order valence-corrected chi connectivity index (χ1v) is 8.33. The highest BCUT2D eigenvalue weighted by Crippen LogP contribution is 2.11. The Bertz CT molecular complexity index is 638. The van der Waals surface area contributed by atoms with Gasteiger partial charge < -0.3 is 14.7 Å². The number of nitrogens with one attached hydrogen (secondary N) is 1. The van der Waals surface area contributed by atoms with E-state index in [4.69, 9.17) is 4.52 Å². The molecule has 1 aromatic carbocycles. The molecule has 23 heavy (non-hydrogen) atoms. The molecule has 124 valence electrons. The number of halogens is 1. The standard InChI is InChI=1S/C16H22BrN5O/c1-12-20-15(23-21-12)5-4-10-19-16(18-2)22(3)11-13-6-8-14(17)9-7-13/h6-9H,4-5,10-11H2,1-3H3,(H,18,19). The van der Waals surface area contributed by atoms with E-state index in [0.29, 0.717) is 11.7 Å². The molecule has 7 heteroatoms. The Labute approximate surface area is 145 Å². The molecule has 0 unspecified atom stereocenters. The molecule has 0 atom stereocenters. The Morgan fingerprint density at radius 2 is 2.09 bits per heavy atom. The van der Waals surface area contributed by atoms with Crippen LogP contribution in [0.2, 0.25) is 0 Å². The van der Waals surface area contributed by atoms with E-state index < -0.39 is 0 Å². The van der Waals surface area contributed by atoms with Crippen molar-refractivity contribution in [1.29, 1.82) is 0 Å². The van der Waals surface area contributed by atoms with Crippen molar-refractivity contribution < 1.29 is 4.52 Å². The summed E-state index contributed by atoms with van der Waals surface area (Å²) in [7, 11) is 3.82. The SMILES string of the molecule is CN=C(NCCCc1nc(C)no1)N(C)Cc1ccc(Br)cc1. The van der Waals surface area contributed by atoms with Crippen molar-refractivity contribution in [2.24, 2.45) is 4.99 Å². The molecule has 1 N–H and O–H groups in total. The highest BCUT2D eigenvalue weighted by Gasteiger charge is 2.07. The van der Waals surface area contributed by atoms with Gasteiger partial charge in [-0.3, -0.25) is 4.99 Å². The van der Waals surface area contributed by atoms with E-state index in [1.165, 1.54) is 5.56 Å². The van der Waals surface area contributed by atoms with E-state index in [1.807, 2.05) is 26.1 Å². The number of aryl methyl sites for hydroxylation is 2. The van der Waals surface area contributed by atoms with Gasteiger partial charge in [0.1, 0.15) is 0 Å². The Morgan fingerprint density at radius 3 is 2.70 bits per heavy atom. The smallest absolute Gasteiger partial charge is 0.226 e. The maximum atomic E-state index is 5.10. The van der Waals surface area contributed by atoms with Crippen molar-refractivity contribution in [3.63, 3.8) is 0 Å². The van der Waals surface area contributed by atoms with Crippen LogP contribution in [0.1, 0.15) is 23.7 Å². The summed E-state index contributed by atoms with van der Waals surface area (Å²) in [5.74, 6) is 2.23. The number of aliphatic imine (C=N–C) groups is 1. The first kappa shape index (κ1) is 17.5. The number of hydrogen-bond donors (Lipinski definition) is 1. The zero-order chi connectivity index (χ0) is 16.7. The molecule has 1 aromatic heterocycles. The van der Waals surface area contributed by atoms with Crippen molar-refractivity contribution in [3.05, 3.63) is 46.0 Å². The van der Waals surface area contributed by atoms with Gasteiger partial charge in [0, 0.05) is 38.1 Å². The van der Waals surface area contributed by atoms with Crippen molar-refractivity contribution in [3.8, 4) is 0 Å². The molecule has 6 nitrogen and oxygen atoms in total. The van der Waals surface area contributed by atoms with Crippen LogP contribution in [0, 0.1) is 6.92 Å². The fourth-order valence-corrected chi connectivity index (χ4v) is 2.47. The van der Waals surface area contributed by atoms with Crippen LogP contribution in [-0.2, 0) is 13.0 Å². The first-order valence-electron chi connectivity index (χ1n) is 7.54. The van der Waals surface area contributed by atoms with Crippen LogP contribution >= 0.6 is 15.9 Å². The number of benzene rings is 1. The van der Waals surface area contributed by atoms with Crippen LogP contribution in [-0.4, -0.2) is 41.6 Å². The monoisotopic (exact) mass is 379 g/mol. The molecule has 2 rings (SSSR count). The summed E-state index contributed by atoms with van der Waals surface area (Å²) in [5.41, 5.74) is 1.24. The molecule has 2 aromatic rings. The average molecular weight is 380 g/mol. The molecular weight excluding hydrogens is 358 g/mol. The van der Waals surface area contributed by atoms with Crippen LogP contribution in [0.25, 0.3) is 0 Å². The molecule has 0 aliphatic carbocycles. The van der Waals surface area contributed by atoms with Crippen LogP contribution < -0.4 is 5.32 Å². The zero-order valence-electron chi connectivity index (χ0n) is 13.7. The molecule has 0 spiro atoms. The maximum absolute atomic E-state index is 5.10. The molecular formula is C16H22BrN5O. The van der Waals surface area contributed by atoms with Crippen LogP contribution in [0.5, 0.6) is 0 Å². The summed E-state index contributed by atoms with van der Waals surface area (Å²) in [6.45, 7) is 3.43. The number of hydrogen-bond acceptors (Lipinski definition) is 4. The second-order valence-electron chi connectivity index (χ2n) is 5.30. The van der Waals surface area contributed by atoms with Crippen molar-refractivity contribution >= 4 is 21.9 Å². The van der Waals surface area contributed by atoms with Gasteiger partial charge in [0.25, 0.3) is 0 Å². The molecule has 0 saturated heterocycles. The average Bonchev–Trinajstić information content (AvgIpc) is 2.95. The van der Waals surface area contributed by atoms with E-state index in [0.717, 1.165) is 36.4 Å². The Morgan fingerprint density at radius 1 is 1.35 bits per heavy atom. The zero-order valence-corrected chi connectivity index (χ0v) is 15.3. The van der Waals surface area contributed by atoms with E-state index in [2.05, 4.69) is 53.4 Å². The Kier molecular flexibility index (Phi) is 6.58. The normalized spacial score (nSPS) is 11.6. The molecule has 0 amide bonds. The van der Waals surface area contributed by atoms with Crippen LogP contribution in [0.15, 0.2) is 38.3 Å². The van der Waals surface area contributed by atoms with E-state index in [1.54, 1.807) is 7.05 Å². The largest absolute Gasteiger partial charge is 0.356 e. The van der Waals surface area contributed by atoms with Crippen LogP contribution in [0.4, 0.5) is 0 Å². The van der Waals surface area contributed by atoms with Crippen LogP contribution in [0.3, 0.4) is 0 Å². The van der Waals surface area contributed by atoms with Gasteiger partial charge in [-0.2, -0.15) is 4.98 Å². The molecule has 0 saturated carbocycles. The minimum atomic E-state index is 0.679. The maximum Gasteiger partial charge on any atom is 0.226 e. The number of rotatable bonds is 6. The minimum absolute atomic E-state index is 0.679. The van der Waals surface area contributed by atoms with Crippen molar-refractivity contribution in [1.82, 2.24) is 20.4 Å². The van der Waals surface area contributed by atoms with Gasteiger partial charge in [-0.1, -0.05) is 33.2 Å². The second-order valence-corrected chi connectivity index (χ2v) is 6.21. The summed E-state index contributed by atoms with van der Waals surface area (Å²) in [6, 6.07) is 8.30. The molecule has 0 aliphatic rings. The number of aromatic nitrogens is 2. The summed E-state index contributed by atoms with van der Waals surface area (Å²) in [5, 5.41) is 7.14. The second kappa shape index (κ2) is 8.67. The predicted octanol–water partition coefficient (Wildman–Crippen LogP) is 2.78. The van der Waals surface area contributed by atoms with E-state index in [9.17, 15) is 0 Å². The van der Waals surface area contributed by atoms with E-state index in [-0.39, 0.29) is 0 Å². The topological polar surface area (TPSA) is 66.5 Å². The third-order valence-electron chi connectivity index (χ3n) is 3.33. The fourth-order valence-electron chi connectivity index (χ4n) is 2.20. The highest BCUT2D eigenvalue weighted by atomic mass is 79.9. The molecule has 0 aliphatic heterocycles. The van der Waals surface area contributed by atoms with Crippen molar-refractivity contribution in [2.75, 3.05) is 20.6 Å².